The van der Waals surface area contributed by atoms with Crippen LogP contribution in [0.2, 0.25) is 0 Å². The predicted octanol–water partition coefficient (Wildman–Crippen LogP) is 3.70. The first-order chi connectivity index (χ1) is 8.83. The molecule has 1 aromatic rings. The van der Waals surface area contributed by atoms with Crippen molar-refractivity contribution in [2.24, 2.45) is 5.92 Å². The third-order valence-electron chi connectivity index (χ3n) is 4.28. The van der Waals surface area contributed by atoms with Gasteiger partial charge in [0, 0.05) is 18.8 Å². The summed E-state index contributed by atoms with van der Waals surface area (Å²) in [6.45, 7) is 5.46. The summed E-state index contributed by atoms with van der Waals surface area (Å²) in [4.78, 5) is 4.51. The molecule has 1 fully saturated rings. The van der Waals surface area contributed by atoms with E-state index in [0.717, 1.165) is 18.9 Å². The highest BCUT2D eigenvalue weighted by atomic mass is 14.9. The largest absolute Gasteiger partial charge is 0.308 e. The van der Waals surface area contributed by atoms with Crippen molar-refractivity contribution < 1.29 is 0 Å². The van der Waals surface area contributed by atoms with E-state index in [1.54, 1.807) is 0 Å². The first-order valence-corrected chi connectivity index (χ1v) is 7.49. The molecule has 0 amide bonds. The minimum Gasteiger partial charge on any atom is -0.308 e. The van der Waals surface area contributed by atoms with Gasteiger partial charge in [-0.3, -0.25) is 4.98 Å². The maximum absolute atomic E-state index is 4.51. The van der Waals surface area contributed by atoms with E-state index in [0.29, 0.717) is 6.04 Å². The van der Waals surface area contributed by atoms with Crippen LogP contribution in [0, 0.1) is 5.92 Å². The summed E-state index contributed by atoms with van der Waals surface area (Å²) in [5, 5.41) is 3.71. The van der Waals surface area contributed by atoms with E-state index < -0.39 is 0 Å². The SMILES string of the molecule is CCc1cccnc1CNC1CCCC(CC)C1. The number of rotatable bonds is 5. The van der Waals surface area contributed by atoms with Crippen LogP contribution < -0.4 is 5.32 Å². The Balaban J connectivity index is 1.87. The molecule has 1 aromatic heterocycles. The third kappa shape index (κ3) is 3.55. The van der Waals surface area contributed by atoms with Gasteiger partial charge < -0.3 is 5.32 Å². The zero-order valence-corrected chi connectivity index (χ0v) is 11.8. The zero-order valence-electron chi connectivity index (χ0n) is 11.8. The summed E-state index contributed by atoms with van der Waals surface area (Å²) in [6, 6.07) is 4.94. The van der Waals surface area contributed by atoms with E-state index in [4.69, 9.17) is 0 Å². The number of pyridine rings is 1. The molecule has 2 atom stereocenters. The Hall–Kier alpha value is -0.890. The minimum absolute atomic E-state index is 0.704. The minimum atomic E-state index is 0.704. The van der Waals surface area contributed by atoms with Crippen LogP contribution >= 0.6 is 0 Å². The van der Waals surface area contributed by atoms with Crippen LogP contribution in [0.15, 0.2) is 18.3 Å². The van der Waals surface area contributed by atoms with Gasteiger partial charge in [0.05, 0.1) is 5.69 Å². The molecule has 0 saturated heterocycles. The molecule has 1 aliphatic carbocycles. The molecule has 1 heterocycles. The van der Waals surface area contributed by atoms with E-state index in [2.05, 4.69) is 30.2 Å². The Morgan fingerprint density at radius 3 is 3.00 bits per heavy atom. The Morgan fingerprint density at radius 1 is 1.33 bits per heavy atom. The lowest BCUT2D eigenvalue weighted by Crippen LogP contribution is -2.34. The van der Waals surface area contributed by atoms with Gasteiger partial charge in [-0.05, 0) is 36.8 Å². The second-order valence-electron chi connectivity index (χ2n) is 5.48. The second-order valence-corrected chi connectivity index (χ2v) is 5.48. The lowest BCUT2D eigenvalue weighted by atomic mass is 9.84. The average molecular weight is 246 g/mol. The fourth-order valence-corrected chi connectivity index (χ4v) is 3.04. The topological polar surface area (TPSA) is 24.9 Å². The van der Waals surface area contributed by atoms with Gasteiger partial charge in [0.2, 0.25) is 0 Å². The van der Waals surface area contributed by atoms with Crippen LogP contribution in [0.4, 0.5) is 0 Å². The van der Waals surface area contributed by atoms with Crippen LogP contribution in [0.3, 0.4) is 0 Å². The predicted molar refractivity (Wildman–Crippen MR) is 76.5 cm³/mol. The standard InChI is InChI=1S/C16H26N2/c1-3-13-7-5-9-15(11-13)18-12-16-14(4-2)8-6-10-17-16/h6,8,10,13,15,18H,3-5,7,9,11-12H2,1-2H3. The number of hydrogen-bond acceptors (Lipinski definition) is 2. The van der Waals surface area contributed by atoms with Crippen molar-refractivity contribution in [2.75, 3.05) is 0 Å². The average Bonchev–Trinajstić information content (AvgIpc) is 2.45. The van der Waals surface area contributed by atoms with Crippen LogP contribution in [-0.4, -0.2) is 11.0 Å². The van der Waals surface area contributed by atoms with Gasteiger partial charge >= 0.3 is 0 Å². The molecule has 0 spiro atoms. The number of nitrogens with one attached hydrogen (secondary N) is 1. The van der Waals surface area contributed by atoms with Crippen molar-refractivity contribution in [1.82, 2.24) is 10.3 Å². The van der Waals surface area contributed by atoms with Crippen LogP contribution in [0.5, 0.6) is 0 Å². The highest BCUT2D eigenvalue weighted by Gasteiger charge is 2.20. The summed E-state index contributed by atoms with van der Waals surface area (Å²) in [5.41, 5.74) is 2.62. The van der Waals surface area contributed by atoms with Gasteiger partial charge in [-0.15, -0.1) is 0 Å². The first-order valence-electron chi connectivity index (χ1n) is 7.49. The zero-order chi connectivity index (χ0) is 12.8. The molecule has 0 aliphatic heterocycles. The smallest absolute Gasteiger partial charge is 0.0573 e. The molecular weight excluding hydrogens is 220 g/mol. The lowest BCUT2D eigenvalue weighted by Gasteiger charge is -2.29. The molecule has 2 rings (SSSR count). The lowest BCUT2D eigenvalue weighted by molar-refractivity contribution is 0.277. The normalized spacial score (nSPS) is 24.1. The summed E-state index contributed by atoms with van der Waals surface area (Å²) in [7, 11) is 0. The number of hydrogen-bond donors (Lipinski definition) is 1. The Morgan fingerprint density at radius 2 is 2.22 bits per heavy atom. The second kappa shape index (κ2) is 6.89. The highest BCUT2D eigenvalue weighted by molar-refractivity contribution is 5.19. The first kappa shape index (κ1) is 13.5. The summed E-state index contributed by atoms with van der Waals surface area (Å²) in [6.07, 6.45) is 9.83. The van der Waals surface area contributed by atoms with E-state index in [-0.39, 0.29) is 0 Å². The van der Waals surface area contributed by atoms with Gasteiger partial charge in [-0.25, -0.2) is 0 Å². The Bertz CT molecular complexity index is 362. The van der Waals surface area contributed by atoms with Crippen LogP contribution in [0.25, 0.3) is 0 Å². The van der Waals surface area contributed by atoms with Gasteiger partial charge in [0.25, 0.3) is 0 Å². The summed E-state index contributed by atoms with van der Waals surface area (Å²) in [5.74, 6) is 0.936. The molecule has 1 saturated carbocycles. The molecule has 1 N–H and O–H groups in total. The number of aryl methyl sites for hydroxylation is 1. The fraction of sp³-hybridized carbons (Fsp3) is 0.688. The highest BCUT2D eigenvalue weighted by Crippen LogP contribution is 2.26. The monoisotopic (exact) mass is 246 g/mol. The third-order valence-corrected chi connectivity index (χ3v) is 4.28. The van der Waals surface area contributed by atoms with Crippen molar-refractivity contribution in [3.8, 4) is 0 Å². The van der Waals surface area contributed by atoms with E-state index in [9.17, 15) is 0 Å². The van der Waals surface area contributed by atoms with Gasteiger partial charge in [-0.2, -0.15) is 0 Å². The van der Waals surface area contributed by atoms with Crippen molar-refractivity contribution in [2.45, 2.75) is 65.0 Å². The molecule has 2 nitrogen and oxygen atoms in total. The summed E-state index contributed by atoms with van der Waals surface area (Å²) >= 11 is 0. The maximum Gasteiger partial charge on any atom is 0.0573 e. The molecular formula is C16H26N2. The van der Waals surface area contributed by atoms with Crippen LogP contribution in [0.1, 0.15) is 57.2 Å². The number of aromatic nitrogens is 1. The summed E-state index contributed by atoms with van der Waals surface area (Å²) < 4.78 is 0. The molecule has 100 valence electrons. The van der Waals surface area contributed by atoms with E-state index in [1.165, 1.54) is 43.4 Å². The Kier molecular flexibility index (Phi) is 5.18. The van der Waals surface area contributed by atoms with Gasteiger partial charge in [-0.1, -0.05) is 39.2 Å². The fourth-order valence-electron chi connectivity index (χ4n) is 3.04. The van der Waals surface area contributed by atoms with E-state index in [1.807, 2.05) is 12.3 Å². The molecule has 2 unspecified atom stereocenters. The molecule has 2 heteroatoms. The molecule has 0 aromatic carbocycles. The number of nitrogens with zero attached hydrogens (tertiary/aromatic N) is 1. The van der Waals surface area contributed by atoms with E-state index >= 15 is 0 Å². The molecule has 1 aliphatic rings. The van der Waals surface area contributed by atoms with Gasteiger partial charge in [0.1, 0.15) is 0 Å². The molecule has 0 radical (unpaired) electrons. The molecule has 0 bridgehead atoms. The van der Waals surface area contributed by atoms with Crippen molar-refractivity contribution in [1.29, 1.82) is 0 Å². The van der Waals surface area contributed by atoms with Crippen LogP contribution in [-0.2, 0) is 13.0 Å². The van der Waals surface area contributed by atoms with Gasteiger partial charge in [0.15, 0.2) is 0 Å². The maximum atomic E-state index is 4.51. The Labute approximate surface area is 111 Å². The quantitative estimate of drug-likeness (QED) is 0.857. The van der Waals surface area contributed by atoms with Crippen molar-refractivity contribution in [3.05, 3.63) is 29.6 Å². The van der Waals surface area contributed by atoms with Crippen molar-refractivity contribution >= 4 is 0 Å². The molecule has 18 heavy (non-hydrogen) atoms. The van der Waals surface area contributed by atoms with Crippen molar-refractivity contribution in [3.63, 3.8) is 0 Å².